The number of benzene rings is 2. The number of amidine groups is 1. The summed E-state index contributed by atoms with van der Waals surface area (Å²) in [7, 11) is 1.59. The number of nitrogens with zero attached hydrogens (tertiary/aromatic N) is 3. The van der Waals surface area contributed by atoms with Crippen molar-refractivity contribution in [3.05, 3.63) is 69.8 Å². The van der Waals surface area contributed by atoms with Crippen molar-refractivity contribution in [3.63, 3.8) is 0 Å². The van der Waals surface area contributed by atoms with Crippen LogP contribution in [0.15, 0.2) is 58.7 Å². The van der Waals surface area contributed by atoms with Crippen LogP contribution >= 0.6 is 11.8 Å². The molecule has 0 radical (unpaired) electrons. The van der Waals surface area contributed by atoms with E-state index in [0.29, 0.717) is 17.2 Å². The Hall–Kier alpha value is -3.20. The largest absolute Gasteiger partial charge is 0.496 e. The summed E-state index contributed by atoms with van der Waals surface area (Å²) in [5.74, 6) is 0.593. The summed E-state index contributed by atoms with van der Waals surface area (Å²) in [6.07, 6.45) is 1.91. The van der Waals surface area contributed by atoms with Crippen molar-refractivity contribution in [2.45, 2.75) is 11.7 Å². The van der Waals surface area contributed by atoms with Crippen LogP contribution in [0.1, 0.15) is 11.1 Å². The second-order valence-corrected chi connectivity index (χ2v) is 6.80. The van der Waals surface area contributed by atoms with Gasteiger partial charge < -0.3 is 10.1 Å². The van der Waals surface area contributed by atoms with Crippen molar-refractivity contribution >= 4 is 34.7 Å². The molecule has 1 aliphatic heterocycles. The molecule has 0 aliphatic carbocycles. The van der Waals surface area contributed by atoms with Crippen LogP contribution in [0.25, 0.3) is 0 Å². The molecule has 3 rings (SSSR count). The van der Waals surface area contributed by atoms with E-state index >= 15 is 0 Å². The van der Waals surface area contributed by atoms with E-state index in [0.717, 1.165) is 11.3 Å². The molecular weight excluding hydrogens is 368 g/mol. The molecule has 1 saturated heterocycles. The average molecular weight is 384 g/mol. The number of non-ortho nitro benzene ring substituents is 1. The fraction of sp³-hybridized carbons (Fsp3) is 0.167. The zero-order chi connectivity index (χ0) is 19.2. The zero-order valence-electron chi connectivity index (χ0n) is 14.4. The van der Waals surface area contributed by atoms with Crippen LogP contribution < -0.4 is 10.1 Å². The number of nitro groups is 1. The number of carbonyl (C=O) groups is 1. The number of nitro benzene ring substituents is 1. The SMILES string of the molecule is COc1ccccc1CC1S/C(=N\N=C\c2cccc([N+](=O)[O-])c2)NC1=O. The third kappa shape index (κ3) is 4.70. The maximum absolute atomic E-state index is 12.2. The standard InChI is InChI=1S/C18H16N4O4S/c1-26-15-8-3-2-6-13(15)10-16-17(23)20-18(27-16)21-19-11-12-5-4-7-14(9-12)22(24)25/h2-9,11,16H,10H2,1H3,(H,20,21,23)/b19-11+. The Morgan fingerprint density at radius 3 is 2.89 bits per heavy atom. The van der Waals surface area contributed by atoms with Crippen LogP contribution in [0.3, 0.4) is 0 Å². The summed E-state index contributed by atoms with van der Waals surface area (Å²) in [5.41, 5.74) is 1.47. The van der Waals surface area contributed by atoms with E-state index in [-0.39, 0.29) is 16.8 Å². The van der Waals surface area contributed by atoms with Gasteiger partial charge in [0, 0.05) is 17.7 Å². The molecule has 0 saturated carbocycles. The van der Waals surface area contributed by atoms with Crippen molar-refractivity contribution in [1.29, 1.82) is 0 Å². The van der Waals surface area contributed by atoms with Gasteiger partial charge in [0.1, 0.15) is 5.75 Å². The van der Waals surface area contributed by atoms with Gasteiger partial charge in [-0.3, -0.25) is 14.9 Å². The van der Waals surface area contributed by atoms with E-state index in [1.165, 1.54) is 30.1 Å². The van der Waals surface area contributed by atoms with E-state index in [2.05, 4.69) is 15.5 Å². The number of para-hydroxylation sites is 1. The third-order valence-corrected chi connectivity index (χ3v) is 4.88. The van der Waals surface area contributed by atoms with E-state index in [4.69, 9.17) is 4.74 Å². The lowest BCUT2D eigenvalue weighted by atomic mass is 10.1. The van der Waals surface area contributed by atoms with Crippen LogP contribution in [0, 0.1) is 10.1 Å². The molecule has 1 atom stereocenters. The van der Waals surface area contributed by atoms with E-state index in [1.54, 1.807) is 19.2 Å². The van der Waals surface area contributed by atoms with Gasteiger partial charge in [0.15, 0.2) is 5.17 Å². The average Bonchev–Trinajstić information content (AvgIpc) is 3.01. The highest BCUT2D eigenvalue weighted by atomic mass is 32.2. The van der Waals surface area contributed by atoms with Crippen LogP contribution in [0.2, 0.25) is 0 Å². The van der Waals surface area contributed by atoms with Crippen LogP contribution in [-0.2, 0) is 11.2 Å². The minimum absolute atomic E-state index is 0.0213. The minimum atomic E-state index is -0.473. The van der Waals surface area contributed by atoms with Gasteiger partial charge in [-0.25, -0.2) is 0 Å². The molecule has 8 nitrogen and oxygen atoms in total. The number of hydrogen-bond acceptors (Lipinski definition) is 7. The molecule has 1 fully saturated rings. The first-order valence-corrected chi connectivity index (χ1v) is 8.89. The van der Waals surface area contributed by atoms with Gasteiger partial charge in [0.2, 0.25) is 5.91 Å². The highest BCUT2D eigenvalue weighted by molar-refractivity contribution is 8.15. The molecule has 1 N–H and O–H groups in total. The number of thioether (sulfide) groups is 1. The molecule has 0 bridgehead atoms. The molecule has 1 aliphatic rings. The number of amides is 1. The zero-order valence-corrected chi connectivity index (χ0v) is 15.2. The van der Waals surface area contributed by atoms with Gasteiger partial charge in [-0.1, -0.05) is 42.1 Å². The summed E-state index contributed by atoms with van der Waals surface area (Å²) in [4.78, 5) is 22.5. The summed E-state index contributed by atoms with van der Waals surface area (Å²) < 4.78 is 5.32. The Kier molecular flexibility index (Phi) is 5.82. The summed E-state index contributed by atoms with van der Waals surface area (Å²) in [6, 6.07) is 13.6. The first-order chi connectivity index (χ1) is 13.1. The predicted molar refractivity (Wildman–Crippen MR) is 104 cm³/mol. The second kappa shape index (κ2) is 8.45. The molecule has 9 heteroatoms. The molecule has 138 valence electrons. The molecule has 2 aromatic carbocycles. The van der Waals surface area contributed by atoms with Crippen molar-refractivity contribution in [1.82, 2.24) is 5.32 Å². The minimum Gasteiger partial charge on any atom is -0.496 e. The smallest absolute Gasteiger partial charge is 0.270 e. The van der Waals surface area contributed by atoms with Gasteiger partial charge in [-0.15, -0.1) is 5.10 Å². The number of ether oxygens (including phenoxy) is 1. The Balaban J connectivity index is 1.66. The third-order valence-electron chi connectivity index (χ3n) is 3.81. The monoisotopic (exact) mass is 384 g/mol. The van der Waals surface area contributed by atoms with Gasteiger partial charge in [-0.2, -0.15) is 5.10 Å². The van der Waals surface area contributed by atoms with E-state index in [9.17, 15) is 14.9 Å². The topological polar surface area (TPSA) is 106 Å². The van der Waals surface area contributed by atoms with Crippen molar-refractivity contribution in [2.24, 2.45) is 10.2 Å². The van der Waals surface area contributed by atoms with E-state index in [1.807, 2.05) is 24.3 Å². The number of methoxy groups -OCH3 is 1. The van der Waals surface area contributed by atoms with Crippen molar-refractivity contribution < 1.29 is 14.5 Å². The Bertz CT molecular complexity index is 929. The van der Waals surface area contributed by atoms with Crippen molar-refractivity contribution in [2.75, 3.05) is 7.11 Å². The highest BCUT2D eigenvalue weighted by Crippen LogP contribution is 2.27. The summed E-state index contributed by atoms with van der Waals surface area (Å²) in [6.45, 7) is 0. The fourth-order valence-electron chi connectivity index (χ4n) is 2.52. The summed E-state index contributed by atoms with van der Waals surface area (Å²) >= 11 is 1.29. The van der Waals surface area contributed by atoms with Crippen LogP contribution in [0.4, 0.5) is 5.69 Å². The molecule has 1 unspecified atom stereocenters. The fourth-order valence-corrected chi connectivity index (χ4v) is 3.48. The Morgan fingerprint density at radius 1 is 1.30 bits per heavy atom. The van der Waals surface area contributed by atoms with Gasteiger partial charge >= 0.3 is 0 Å². The number of nitrogens with one attached hydrogen (secondary N) is 1. The lowest BCUT2D eigenvalue weighted by Gasteiger charge is -2.09. The number of rotatable bonds is 6. The quantitative estimate of drug-likeness (QED) is 0.468. The van der Waals surface area contributed by atoms with E-state index < -0.39 is 4.92 Å². The predicted octanol–water partition coefficient (Wildman–Crippen LogP) is 2.77. The molecule has 2 aromatic rings. The van der Waals surface area contributed by atoms with Crippen molar-refractivity contribution in [3.8, 4) is 5.75 Å². The maximum atomic E-state index is 12.2. The van der Waals surface area contributed by atoms with Gasteiger partial charge in [0.05, 0.1) is 23.5 Å². The number of carbonyl (C=O) groups excluding carboxylic acids is 1. The molecule has 27 heavy (non-hydrogen) atoms. The normalized spacial score (nSPS) is 18.0. The molecule has 1 amide bonds. The second-order valence-electron chi connectivity index (χ2n) is 5.61. The first-order valence-electron chi connectivity index (χ1n) is 8.01. The molecular formula is C18H16N4O4S. The molecule has 0 aromatic heterocycles. The van der Waals surface area contributed by atoms with Gasteiger partial charge in [0.25, 0.3) is 5.69 Å². The number of hydrogen-bond donors (Lipinski definition) is 1. The molecule has 0 spiro atoms. The molecule has 1 heterocycles. The highest BCUT2D eigenvalue weighted by Gasteiger charge is 2.31. The first kappa shape index (κ1) is 18.6. The maximum Gasteiger partial charge on any atom is 0.270 e. The van der Waals surface area contributed by atoms with Crippen LogP contribution in [0.5, 0.6) is 5.75 Å². The Morgan fingerprint density at radius 2 is 2.11 bits per heavy atom. The van der Waals surface area contributed by atoms with Crippen LogP contribution in [-0.4, -0.2) is 34.6 Å². The summed E-state index contributed by atoms with van der Waals surface area (Å²) in [5, 5.41) is 21.4. The lowest BCUT2D eigenvalue weighted by molar-refractivity contribution is -0.384. The van der Waals surface area contributed by atoms with Gasteiger partial charge in [-0.05, 0) is 18.1 Å². The lowest BCUT2D eigenvalue weighted by Crippen LogP contribution is -2.26. The Labute approximate surface area is 159 Å².